The van der Waals surface area contributed by atoms with E-state index in [1.807, 2.05) is 0 Å². The summed E-state index contributed by atoms with van der Waals surface area (Å²) in [6.45, 7) is -0.533. The van der Waals surface area contributed by atoms with E-state index in [1.165, 1.54) is 30.3 Å². The van der Waals surface area contributed by atoms with Gasteiger partial charge in [-0.3, -0.25) is 4.79 Å². The summed E-state index contributed by atoms with van der Waals surface area (Å²) in [5, 5.41) is 3.83. The second-order valence-electron chi connectivity index (χ2n) is 6.52. The average Bonchev–Trinajstić information content (AvgIpc) is 2.71. The van der Waals surface area contributed by atoms with E-state index in [4.69, 9.17) is 34.8 Å². The number of anilines is 1. The van der Waals surface area contributed by atoms with Crippen molar-refractivity contribution in [3.8, 4) is 0 Å². The van der Waals surface area contributed by atoms with Crippen LogP contribution in [0.5, 0.6) is 0 Å². The van der Waals surface area contributed by atoms with Crippen molar-refractivity contribution >= 4 is 72.4 Å². The molecule has 3 rings (SSSR count). The van der Waals surface area contributed by atoms with Crippen molar-refractivity contribution < 1.29 is 13.2 Å². The molecule has 0 aromatic heterocycles. The number of halogens is 4. The fraction of sp³-hybridized carbons (Fsp3) is 0.0952. The van der Waals surface area contributed by atoms with Gasteiger partial charge in [0.2, 0.25) is 15.9 Å². The van der Waals surface area contributed by atoms with Gasteiger partial charge in [0.1, 0.15) is 0 Å². The topological polar surface area (TPSA) is 66.5 Å². The minimum absolute atomic E-state index is 0.0124. The molecular formula is C21H16BrCl3N2O3S. The molecule has 0 saturated heterocycles. The first kappa shape index (κ1) is 24.0. The highest BCUT2D eigenvalue weighted by Gasteiger charge is 2.27. The molecule has 5 nitrogen and oxygen atoms in total. The molecule has 0 aliphatic rings. The molecule has 1 N–H and O–H groups in total. The second-order valence-corrected chi connectivity index (χ2v) is 10.7. The first-order chi connectivity index (χ1) is 14.6. The number of hydrogen-bond donors (Lipinski definition) is 1. The van der Waals surface area contributed by atoms with Gasteiger partial charge in [-0.2, -0.15) is 4.31 Å². The van der Waals surface area contributed by atoms with Gasteiger partial charge in [0.05, 0.1) is 11.4 Å². The van der Waals surface area contributed by atoms with Gasteiger partial charge in [-0.15, -0.1) is 0 Å². The lowest BCUT2D eigenvalue weighted by Crippen LogP contribution is -2.37. The Labute approximate surface area is 204 Å². The van der Waals surface area contributed by atoms with Crippen LogP contribution in [0.15, 0.2) is 76.1 Å². The highest BCUT2D eigenvalue weighted by molar-refractivity contribution is 9.10. The highest BCUT2D eigenvalue weighted by Crippen LogP contribution is 2.26. The third-order valence-electron chi connectivity index (χ3n) is 4.26. The van der Waals surface area contributed by atoms with Gasteiger partial charge in [-0.05, 0) is 66.2 Å². The molecule has 0 bridgehead atoms. The maximum Gasteiger partial charge on any atom is 0.243 e. The van der Waals surface area contributed by atoms with Gasteiger partial charge in [-0.25, -0.2) is 8.42 Å². The summed E-state index contributed by atoms with van der Waals surface area (Å²) >= 11 is 21.4. The number of amides is 1. The Morgan fingerprint density at radius 2 is 1.52 bits per heavy atom. The zero-order valence-electron chi connectivity index (χ0n) is 15.9. The monoisotopic (exact) mass is 560 g/mol. The SMILES string of the molecule is O=C(CN(Cc1ccc(Cl)cc1Cl)S(=O)(=O)c1ccc(Cl)cc1)Nc1ccc(Br)cc1. The molecule has 3 aromatic rings. The van der Waals surface area contributed by atoms with Crippen molar-refractivity contribution in [1.82, 2.24) is 4.31 Å². The zero-order chi connectivity index (χ0) is 22.6. The summed E-state index contributed by atoms with van der Waals surface area (Å²) in [4.78, 5) is 12.7. The Balaban J connectivity index is 1.90. The molecule has 0 spiro atoms. The number of benzene rings is 3. The largest absolute Gasteiger partial charge is 0.325 e. The predicted octanol–water partition coefficient (Wildman–Crippen LogP) is 6.24. The van der Waals surface area contributed by atoms with Gasteiger partial charge in [0.15, 0.2) is 0 Å². The molecule has 0 aliphatic carbocycles. The lowest BCUT2D eigenvalue weighted by molar-refractivity contribution is -0.116. The van der Waals surface area contributed by atoms with Crippen molar-refractivity contribution in [2.24, 2.45) is 0 Å². The molecule has 0 heterocycles. The van der Waals surface area contributed by atoms with Gasteiger partial charge in [0.25, 0.3) is 0 Å². The molecule has 0 fully saturated rings. The third-order valence-corrected chi connectivity index (χ3v) is 7.43. The summed E-state index contributed by atoms with van der Waals surface area (Å²) in [6, 6.07) is 17.4. The number of sulfonamides is 1. The number of nitrogens with zero attached hydrogens (tertiary/aromatic N) is 1. The van der Waals surface area contributed by atoms with Crippen LogP contribution in [-0.2, 0) is 21.4 Å². The van der Waals surface area contributed by atoms with Crippen molar-refractivity contribution in [1.29, 1.82) is 0 Å². The molecule has 0 atom stereocenters. The van der Waals surface area contributed by atoms with Crippen molar-refractivity contribution in [3.05, 3.63) is 91.8 Å². The van der Waals surface area contributed by atoms with Crippen LogP contribution in [0.1, 0.15) is 5.56 Å². The van der Waals surface area contributed by atoms with E-state index in [1.54, 1.807) is 36.4 Å². The minimum Gasteiger partial charge on any atom is -0.325 e. The van der Waals surface area contributed by atoms with E-state index in [-0.39, 0.29) is 11.4 Å². The van der Waals surface area contributed by atoms with E-state index in [0.717, 1.165) is 8.78 Å². The van der Waals surface area contributed by atoms with Crippen LogP contribution < -0.4 is 5.32 Å². The normalized spacial score (nSPS) is 11.5. The molecular weight excluding hydrogens is 547 g/mol. The first-order valence-corrected chi connectivity index (χ1v) is 12.3. The van der Waals surface area contributed by atoms with Crippen molar-refractivity contribution in [2.75, 3.05) is 11.9 Å². The molecule has 0 saturated carbocycles. The fourth-order valence-electron chi connectivity index (χ4n) is 2.72. The van der Waals surface area contributed by atoms with Crippen molar-refractivity contribution in [2.45, 2.75) is 11.4 Å². The van der Waals surface area contributed by atoms with Crippen LogP contribution in [-0.4, -0.2) is 25.2 Å². The zero-order valence-corrected chi connectivity index (χ0v) is 20.5. The van der Waals surface area contributed by atoms with Crippen LogP contribution in [0.4, 0.5) is 5.69 Å². The van der Waals surface area contributed by atoms with E-state index in [9.17, 15) is 13.2 Å². The molecule has 10 heteroatoms. The first-order valence-electron chi connectivity index (χ1n) is 8.90. The van der Waals surface area contributed by atoms with Gasteiger partial charge in [0, 0.05) is 31.8 Å². The Morgan fingerprint density at radius 3 is 2.13 bits per heavy atom. The Bertz CT molecular complexity index is 1190. The van der Waals surface area contributed by atoms with Crippen LogP contribution in [0.2, 0.25) is 15.1 Å². The molecule has 3 aromatic carbocycles. The number of nitrogens with one attached hydrogen (secondary N) is 1. The average molecular weight is 563 g/mol. The van der Waals surface area contributed by atoms with Crippen LogP contribution >= 0.6 is 50.7 Å². The summed E-state index contributed by atoms with van der Waals surface area (Å²) < 4.78 is 28.5. The summed E-state index contributed by atoms with van der Waals surface area (Å²) in [7, 11) is -4.02. The molecule has 31 heavy (non-hydrogen) atoms. The lowest BCUT2D eigenvalue weighted by atomic mass is 10.2. The Hall–Kier alpha value is -1.61. The van der Waals surface area contributed by atoms with Gasteiger partial charge >= 0.3 is 0 Å². The molecule has 0 radical (unpaired) electrons. The Morgan fingerprint density at radius 1 is 0.903 bits per heavy atom. The molecule has 0 unspecified atom stereocenters. The minimum atomic E-state index is -4.02. The molecule has 162 valence electrons. The maximum absolute atomic E-state index is 13.3. The van der Waals surface area contributed by atoms with Crippen LogP contribution in [0, 0.1) is 0 Å². The number of carbonyl (C=O) groups excluding carboxylic acids is 1. The maximum atomic E-state index is 13.3. The Kier molecular flexibility index (Phi) is 8.02. The summed E-state index contributed by atoms with van der Waals surface area (Å²) in [6.07, 6.45) is 0. The quantitative estimate of drug-likeness (QED) is 0.371. The summed E-state index contributed by atoms with van der Waals surface area (Å²) in [5.74, 6) is -0.495. The standard InChI is InChI=1S/C21H16BrCl3N2O3S/c22-15-2-7-18(8-3-15)26-21(28)13-27(12-14-1-4-17(24)11-20(14)25)31(29,30)19-9-5-16(23)6-10-19/h1-11H,12-13H2,(H,26,28). The molecule has 0 aliphatic heterocycles. The lowest BCUT2D eigenvalue weighted by Gasteiger charge is -2.22. The fourth-order valence-corrected chi connectivity index (χ4v) is 4.95. The number of rotatable bonds is 7. The second kappa shape index (κ2) is 10.3. The van der Waals surface area contributed by atoms with E-state index >= 15 is 0 Å². The van der Waals surface area contributed by atoms with Gasteiger partial charge < -0.3 is 5.32 Å². The number of carbonyl (C=O) groups is 1. The van der Waals surface area contributed by atoms with Crippen LogP contribution in [0.25, 0.3) is 0 Å². The van der Waals surface area contributed by atoms with E-state index in [2.05, 4.69) is 21.2 Å². The predicted molar refractivity (Wildman–Crippen MR) is 128 cm³/mol. The van der Waals surface area contributed by atoms with E-state index < -0.39 is 22.5 Å². The third kappa shape index (κ3) is 6.44. The summed E-state index contributed by atoms with van der Waals surface area (Å²) in [5.41, 5.74) is 1.06. The van der Waals surface area contributed by atoms with Crippen molar-refractivity contribution in [3.63, 3.8) is 0 Å². The van der Waals surface area contributed by atoms with Crippen LogP contribution in [0.3, 0.4) is 0 Å². The number of hydrogen-bond acceptors (Lipinski definition) is 3. The van der Waals surface area contributed by atoms with E-state index in [0.29, 0.717) is 26.3 Å². The highest BCUT2D eigenvalue weighted by atomic mass is 79.9. The smallest absolute Gasteiger partial charge is 0.243 e. The van der Waals surface area contributed by atoms with Gasteiger partial charge in [-0.1, -0.05) is 56.8 Å². The molecule has 1 amide bonds.